The Bertz CT molecular complexity index is 369. The number of carbonyl (C=O) groups excluding carboxylic acids is 1. The third kappa shape index (κ3) is 3.16. The number of nitrogens with one attached hydrogen (secondary N) is 1. The van der Waals surface area contributed by atoms with Crippen LogP contribution in [0.3, 0.4) is 0 Å². The van der Waals surface area contributed by atoms with E-state index in [1.165, 1.54) is 0 Å². The Morgan fingerprint density at radius 3 is 2.45 bits per heavy atom. The van der Waals surface area contributed by atoms with E-state index in [4.69, 9.17) is 10.9 Å². The van der Waals surface area contributed by atoms with E-state index in [0.29, 0.717) is 5.92 Å². The quantitative estimate of drug-likeness (QED) is 0.312. The fourth-order valence-corrected chi connectivity index (χ4v) is 3.19. The first-order valence-electron chi connectivity index (χ1n) is 7.62. The first-order valence-corrected chi connectivity index (χ1v) is 7.62. The second-order valence-electron chi connectivity index (χ2n) is 6.23. The molecule has 20 heavy (non-hydrogen) atoms. The van der Waals surface area contributed by atoms with Crippen molar-refractivity contribution in [3.05, 3.63) is 0 Å². The summed E-state index contributed by atoms with van der Waals surface area (Å²) >= 11 is 0. The van der Waals surface area contributed by atoms with E-state index in [1.54, 1.807) is 0 Å². The molecule has 1 saturated carbocycles. The van der Waals surface area contributed by atoms with Crippen LogP contribution in [-0.2, 0) is 0 Å². The van der Waals surface area contributed by atoms with Crippen molar-refractivity contribution in [2.24, 2.45) is 16.8 Å². The first kappa shape index (κ1) is 14.9. The van der Waals surface area contributed by atoms with Crippen LogP contribution in [0, 0.1) is 5.92 Å². The molecule has 1 saturated heterocycles. The average Bonchev–Trinajstić information content (AvgIpc) is 2.48. The standard InChI is InChI=1S/C14H26N4O2/c1-11-5-9-18(10-6-11)13(19)16-14(12(15)17-20)7-3-2-4-8-14/h11,20H,2-10H2,1H3,(H2,15,17)(H,16,19). The largest absolute Gasteiger partial charge is 0.409 e. The predicted octanol–water partition coefficient (Wildman–Crippen LogP) is 1.88. The molecule has 2 rings (SSSR count). The summed E-state index contributed by atoms with van der Waals surface area (Å²) in [5.74, 6) is 0.822. The van der Waals surface area contributed by atoms with Crippen molar-refractivity contribution in [3.63, 3.8) is 0 Å². The number of likely N-dealkylation sites (tertiary alicyclic amines) is 1. The van der Waals surface area contributed by atoms with Crippen LogP contribution in [0.1, 0.15) is 51.9 Å². The molecule has 0 aromatic rings. The van der Waals surface area contributed by atoms with Gasteiger partial charge in [-0.1, -0.05) is 31.3 Å². The van der Waals surface area contributed by atoms with Crippen molar-refractivity contribution < 1.29 is 10.0 Å². The zero-order valence-corrected chi connectivity index (χ0v) is 12.3. The molecule has 0 bridgehead atoms. The van der Waals surface area contributed by atoms with Crippen LogP contribution in [-0.4, -0.2) is 40.6 Å². The number of amides is 2. The molecule has 0 atom stereocenters. The van der Waals surface area contributed by atoms with Crippen molar-refractivity contribution in [2.45, 2.75) is 57.4 Å². The molecule has 2 amide bonds. The van der Waals surface area contributed by atoms with Gasteiger partial charge in [0.15, 0.2) is 5.84 Å². The number of urea groups is 1. The summed E-state index contributed by atoms with van der Waals surface area (Å²) in [6.45, 7) is 3.80. The van der Waals surface area contributed by atoms with Crippen LogP contribution in [0.15, 0.2) is 5.16 Å². The maximum atomic E-state index is 12.4. The molecule has 0 unspecified atom stereocenters. The van der Waals surface area contributed by atoms with Gasteiger partial charge in [0, 0.05) is 13.1 Å². The van der Waals surface area contributed by atoms with Crippen molar-refractivity contribution in [1.29, 1.82) is 0 Å². The minimum Gasteiger partial charge on any atom is -0.409 e. The van der Waals surface area contributed by atoms with Gasteiger partial charge in [0.1, 0.15) is 5.54 Å². The monoisotopic (exact) mass is 282 g/mol. The van der Waals surface area contributed by atoms with E-state index >= 15 is 0 Å². The normalized spacial score (nSPS) is 24.4. The Kier molecular flexibility index (Phi) is 4.73. The van der Waals surface area contributed by atoms with Crippen LogP contribution in [0.5, 0.6) is 0 Å². The van der Waals surface area contributed by atoms with Crippen LogP contribution >= 0.6 is 0 Å². The highest BCUT2D eigenvalue weighted by atomic mass is 16.4. The average molecular weight is 282 g/mol. The Balaban J connectivity index is 2.02. The molecule has 2 fully saturated rings. The van der Waals surface area contributed by atoms with Crippen LogP contribution in [0.4, 0.5) is 4.79 Å². The zero-order chi connectivity index (χ0) is 14.6. The number of hydrogen-bond acceptors (Lipinski definition) is 3. The van der Waals surface area contributed by atoms with E-state index in [-0.39, 0.29) is 11.9 Å². The van der Waals surface area contributed by atoms with E-state index in [2.05, 4.69) is 17.4 Å². The Morgan fingerprint density at radius 1 is 1.30 bits per heavy atom. The highest BCUT2D eigenvalue weighted by Crippen LogP contribution is 2.29. The molecule has 0 radical (unpaired) electrons. The molecule has 1 heterocycles. The molecule has 6 heteroatoms. The summed E-state index contributed by atoms with van der Waals surface area (Å²) < 4.78 is 0. The number of piperidine rings is 1. The lowest BCUT2D eigenvalue weighted by Gasteiger charge is -2.39. The molecule has 4 N–H and O–H groups in total. The van der Waals surface area contributed by atoms with E-state index < -0.39 is 5.54 Å². The zero-order valence-electron chi connectivity index (χ0n) is 12.3. The van der Waals surface area contributed by atoms with Crippen molar-refractivity contribution >= 4 is 11.9 Å². The lowest BCUT2D eigenvalue weighted by Crippen LogP contribution is -2.61. The maximum absolute atomic E-state index is 12.4. The van der Waals surface area contributed by atoms with Gasteiger partial charge in [-0.2, -0.15) is 0 Å². The number of amidine groups is 1. The summed E-state index contributed by atoms with van der Waals surface area (Å²) in [6.07, 6.45) is 6.71. The number of carbonyl (C=O) groups is 1. The fourth-order valence-electron chi connectivity index (χ4n) is 3.19. The molecule has 0 spiro atoms. The highest BCUT2D eigenvalue weighted by Gasteiger charge is 2.39. The van der Waals surface area contributed by atoms with Crippen LogP contribution in [0.25, 0.3) is 0 Å². The molecular formula is C14H26N4O2. The number of nitrogens with zero attached hydrogens (tertiary/aromatic N) is 2. The van der Waals surface area contributed by atoms with Gasteiger partial charge in [-0.25, -0.2) is 4.79 Å². The minimum atomic E-state index is -0.660. The fraction of sp³-hybridized carbons (Fsp3) is 0.857. The van der Waals surface area contributed by atoms with Gasteiger partial charge in [-0.05, 0) is 31.6 Å². The SMILES string of the molecule is CC1CCN(C(=O)NC2(C(N)=NO)CCCCC2)CC1. The molecule has 114 valence electrons. The van der Waals surface area contributed by atoms with E-state index in [9.17, 15) is 4.79 Å². The van der Waals surface area contributed by atoms with Gasteiger partial charge < -0.3 is 21.2 Å². The second kappa shape index (κ2) is 6.33. The molecule has 2 aliphatic rings. The number of hydrogen-bond donors (Lipinski definition) is 3. The highest BCUT2D eigenvalue weighted by molar-refractivity contribution is 5.93. The summed E-state index contributed by atoms with van der Waals surface area (Å²) in [7, 11) is 0. The molecule has 6 nitrogen and oxygen atoms in total. The summed E-state index contributed by atoms with van der Waals surface area (Å²) in [6, 6.07) is -0.0783. The van der Waals surface area contributed by atoms with Gasteiger partial charge in [-0.3, -0.25) is 0 Å². The Hall–Kier alpha value is -1.46. The third-order valence-corrected chi connectivity index (χ3v) is 4.72. The predicted molar refractivity (Wildman–Crippen MR) is 77.7 cm³/mol. The Labute approximate surface area is 120 Å². The summed E-state index contributed by atoms with van der Waals surface area (Å²) in [5, 5.41) is 15.2. The van der Waals surface area contributed by atoms with Gasteiger partial charge in [0.2, 0.25) is 0 Å². The first-order chi connectivity index (χ1) is 9.57. The lowest BCUT2D eigenvalue weighted by atomic mass is 9.81. The number of nitrogens with two attached hydrogens (primary N) is 1. The summed E-state index contributed by atoms with van der Waals surface area (Å²) in [4.78, 5) is 14.3. The molecule has 0 aromatic carbocycles. The topological polar surface area (TPSA) is 91.0 Å². The van der Waals surface area contributed by atoms with Gasteiger partial charge in [-0.15, -0.1) is 0 Å². The second-order valence-corrected chi connectivity index (χ2v) is 6.23. The van der Waals surface area contributed by atoms with Crippen LogP contribution < -0.4 is 11.1 Å². The summed E-state index contributed by atoms with van der Waals surface area (Å²) in [5.41, 5.74) is 5.19. The van der Waals surface area contributed by atoms with Crippen molar-refractivity contribution in [3.8, 4) is 0 Å². The smallest absolute Gasteiger partial charge is 0.318 e. The lowest BCUT2D eigenvalue weighted by molar-refractivity contribution is 0.161. The minimum absolute atomic E-state index is 0.0783. The van der Waals surface area contributed by atoms with Crippen molar-refractivity contribution in [1.82, 2.24) is 10.2 Å². The van der Waals surface area contributed by atoms with Crippen LogP contribution in [0.2, 0.25) is 0 Å². The third-order valence-electron chi connectivity index (χ3n) is 4.72. The van der Waals surface area contributed by atoms with Gasteiger partial charge >= 0.3 is 6.03 Å². The van der Waals surface area contributed by atoms with Crippen molar-refractivity contribution in [2.75, 3.05) is 13.1 Å². The number of rotatable bonds is 2. The molecular weight excluding hydrogens is 256 g/mol. The van der Waals surface area contributed by atoms with Gasteiger partial charge in [0.25, 0.3) is 0 Å². The molecule has 0 aromatic heterocycles. The van der Waals surface area contributed by atoms with E-state index in [0.717, 1.165) is 58.0 Å². The molecule has 1 aliphatic carbocycles. The number of oxime groups is 1. The van der Waals surface area contributed by atoms with Gasteiger partial charge in [0.05, 0.1) is 0 Å². The Morgan fingerprint density at radius 2 is 1.90 bits per heavy atom. The maximum Gasteiger partial charge on any atom is 0.318 e. The van der Waals surface area contributed by atoms with E-state index in [1.807, 2.05) is 4.90 Å². The molecule has 1 aliphatic heterocycles.